The Hall–Kier alpha value is -1.21. The summed E-state index contributed by atoms with van der Waals surface area (Å²) in [6, 6.07) is 4.82. The molecule has 3 aliphatic rings. The quantitative estimate of drug-likeness (QED) is 0.775. The maximum Gasteiger partial charge on any atom is 0.261 e. The van der Waals surface area contributed by atoms with E-state index in [-0.39, 0.29) is 17.6 Å². The van der Waals surface area contributed by atoms with Gasteiger partial charge in [0.05, 0.1) is 0 Å². The first-order valence-electron chi connectivity index (χ1n) is 6.91. The summed E-state index contributed by atoms with van der Waals surface area (Å²) < 4.78 is 13.4. The Morgan fingerprint density at radius 3 is 2.45 bits per heavy atom. The molecule has 22 heavy (non-hydrogen) atoms. The van der Waals surface area contributed by atoms with Crippen LogP contribution in [-0.2, 0) is 16.0 Å². The Kier molecular flexibility index (Phi) is 3.49. The van der Waals surface area contributed by atoms with Gasteiger partial charge in [0.2, 0.25) is 0 Å². The van der Waals surface area contributed by atoms with E-state index >= 15 is 0 Å². The number of hydrogen-bond acceptors (Lipinski definition) is 4. The second-order valence-electron chi connectivity index (χ2n) is 5.92. The van der Waals surface area contributed by atoms with Gasteiger partial charge >= 0.3 is 0 Å². The van der Waals surface area contributed by atoms with E-state index < -0.39 is 9.74 Å². The summed E-state index contributed by atoms with van der Waals surface area (Å²) in [4.78, 5) is 26.7. The molecule has 7 heteroatoms. The third-order valence-electron chi connectivity index (χ3n) is 4.53. The molecule has 0 saturated carbocycles. The number of hydrogen-bond donors (Lipinski definition) is 0. The fourth-order valence-electron chi connectivity index (χ4n) is 2.87. The minimum absolute atomic E-state index is 0.0721. The standard InChI is InChI=1S/C15H17FN2O2S2/c1-9-7-10(5-6-11(9)16)8-15-13(20)17(3)14(2,21-22-15)12(19)18(15)4/h5-7H,8H2,1-4H3. The molecule has 3 fully saturated rings. The summed E-state index contributed by atoms with van der Waals surface area (Å²) >= 11 is 0. The Morgan fingerprint density at radius 2 is 1.82 bits per heavy atom. The summed E-state index contributed by atoms with van der Waals surface area (Å²) in [6.07, 6.45) is 0.368. The molecular weight excluding hydrogens is 323 g/mol. The lowest BCUT2D eigenvalue weighted by atomic mass is 9.97. The molecule has 2 amide bonds. The molecule has 4 nitrogen and oxygen atoms in total. The summed E-state index contributed by atoms with van der Waals surface area (Å²) in [6.45, 7) is 3.46. The smallest absolute Gasteiger partial charge is 0.261 e. The maximum absolute atomic E-state index is 13.4. The summed E-state index contributed by atoms with van der Waals surface area (Å²) in [5.74, 6) is -0.420. The second kappa shape index (κ2) is 4.89. The highest BCUT2D eigenvalue weighted by molar-refractivity contribution is 8.78. The van der Waals surface area contributed by atoms with E-state index in [1.165, 1.54) is 32.6 Å². The van der Waals surface area contributed by atoms with Gasteiger partial charge in [-0.25, -0.2) is 4.39 Å². The van der Waals surface area contributed by atoms with Crippen molar-refractivity contribution in [1.82, 2.24) is 9.80 Å². The summed E-state index contributed by atoms with van der Waals surface area (Å²) in [7, 11) is 6.19. The molecule has 0 aliphatic carbocycles. The van der Waals surface area contributed by atoms with Crippen molar-refractivity contribution in [3.05, 3.63) is 35.1 Å². The van der Waals surface area contributed by atoms with E-state index in [9.17, 15) is 14.0 Å². The van der Waals surface area contributed by atoms with Crippen LogP contribution in [0.5, 0.6) is 0 Å². The van der Waals surface area contributed by atoms with Crippen molar-refractivity contribution in [2.75, 3.05) is 14.1 Å². The first-order chi connectivity index (χ1) is 10.2. The van der Waals surface area contributed by atoms with Gasteiger partial charge in [-0.3, -0.25) is 9.59 Å². The van der Waals surface area contributed by atoms with E-state index in [0.717, 1.165) is 5.56 Å². The van der Waals surface area contributed by atoms with Gasteiger partial charge in [-0.1, -0.05) is 33.7 Å². The molecule has 118 valence electrons. The molecular formula is C15H17FN2O2S2. The van der Waals surface area contributed by atoms with E-state index in [2.05, 4.69) is 0 Å². The number of piperazine rings is 1. The minimum Gasteiger partial charge on any atom is -0.319 e. The molecule has 1 aromatic carbocycles. The lowest BCUT2D eigenvalue weighted by Gasteiger charge is -2.58. The number of rotatable bonds is 2. The number of halogens is 1. The van der Waals surface area contributed by atoms with Crippen LogP contribution in [0.4, 0.5) is 4.39 Å². The normalized spacial score (nSPS) is 31.1. The Morgan fingerprint density at radius 1 is 1.14 bits per heavy atom. The largest absolute Gasteiger partial charge is 0.319 e. The average molecular weight is 340 g/mol. The Labute approximate surface area is 136 Å². The van der Waals surface area contributed by atoms with E-state index in [1.54, 1.807) is 45.0 Å². The number of carbonyl (C=O) groups is 2. The monoisotopic (exact) mass is 340 g/mol. The molecule has 0 N–H and O–H groups in total. The van der Waals surface area contributed by atoms with Crippen LogP contribution in [0, 0.1) is 12.7 Å². The average Bonchev–Trinajstić information content (AvgIpc) is 2.49. The van der Waals surface area contributed by atoms with Crippen molar-refractivity contribution in [1.29, 1.82) is 0 Å². The second-order valence-corrected chi connectivity index (χ2v) is 8.73. The third-order valence-corrected chi connectivity index (χ3v) is 8.31. The van der Waals surface area contributed by atoms with Crippen LogP contribution < -0.4 is 0 Å². The number of aryl methyl sites for hydroxylation is 1. The number of benzene rings is 1. The van der Waals surface area contributed by atoms with E-state index in [0.29, 0.717) is 12.0 Å². The number of fused-ring (bicyclic) bond motifs is 3. The summed E-state index contributed by atoms with van der Waals surface area (Å²) in [5, 5.41) is 0. The van der Waals surface area contributed by atoms with E-state index in [4.69, 9.17) is 0 Å². The molecule has 4 rings (SSSR count). The van der Waals surface area contributed by atoms with Crippen LogP contribution in [-0.4, -0.2) is 45.5 Å². The zero-order chi connectivity index (χ0) is 16.3. The van der Waals surface area contributed by atoms with Gasteiger partial charge in [-0.05, 0) is 31.0 Å². The van der Waals surface area contributed by atoms with Gasteiger partial charge in [-0.2, -0.15) is 0 Å². The van der Waals surface area contributed by atoms with Crippen molar-refractivity contribution in [2.45, 2.75) is 30.0 Å². The third kappa shape index (κ3) is 1.91. The van der Waals surface area contributed by atoms with Crippen molar-refractivity contribution in [3.8, 4) is 0 Å². The molecule has 3 saturated heterocycles. The molecule has 2 atom stereocenters. The molecule has 2 bridgehead atoms. The highest BCUT2D eigenvalue weighted by atomic mass is 33.1. The fraction of sp³-hybridized carbons (Fsp3) is 0.467. The predicted molar refractivity (Wildman–Crippen MR) is 86.7 cm³/mol. The van der Waals surface area contributed by atoms with Crippen LogP contribution >= 0.6 is 21.6 Å². The van der Waals surface area contributed by atoms with Crippen LogP contribution in [0.2, 0.25) is 0 Å². The minimum atomic E-state index is -0.960. The maximum atomic E-state index is 13.4. The Bertz CT molecular complexity index is 684. The SMILES string of the molecule is Cc1cc(CC23SSC(C)(C(=O)N2C)N(C)C3=O)ccc1F. The first-order valence-corrected chi connectivity index (χ1v) is 9.06. The van der Waals surface area contributed by atoms with Gasteiger partial charge in [0.1, 0.15) is 5.82 Å². The predicted octanol–water partition coefficient (Wildman–Crippen LogP) is 2.41. The molecule has 0 aromatic heterocycles. The molecule has 1 aromatic rings. The van der Waals surface area contributed by atoms with Crippen molar-refractivity contribution < 1.29 is 14.0 Å². The van der Waals surface area contributed by atoms with Crippen molar-refractivity contribution in [2.24, 2.45) is 0 Å². The van der Waals surface area contributed by atoms with Gasteiger partial charge in [0.15, 0.2) is 9.74 Å². The molecule has 2 unspecified atom stereocenters. The number of likely N-dealkylation sites (N-methyl/N-ethyl adjacent to an activating group) is 2. The van der Waals surface area contributed by atoms with Crippen LogP contribution in [0.25, 0.3) is 0 Å². The van der Waals surface area contributed by atoms with Crippen LogP contribution in [0.1, 0.15) is 18.1 Å². The molecule has 0 radical (unpaired) electrons. The van der Waals surface area contributed by atoms with Crippen molar-refractivity contribution in [3.63, 3.8) is 0 Å². The molecule has 0 spiro atoms. The Balaban J connectivity index is 2.02. The number of carbonyl (C=O) groups excluding carboxylic acids is 2. The highest BCUT2D eigenvalue weighted by Crippen LogP contribution is 2.58. The van der Waals surface area contributed by atoms with E-state index in [1.807, 2.05) is 0 Å². The number of nitrogens with zero attached hydrogens (tertiary/aromatic N) is 2. The lowest BCUT2D eigenvalue weighted by molar-refractivity contribution is -0.162. The van der Waals surface area contributed by atoms with Crippen molar-refractivity contribution >= 4 is 33.4 Å². The van der Waals surface area contributed by atoms with Gasteiger partial charge < -0.3 is 9.80 Å². The topological polar surface area (TPSA) is 40.6 Å². The van der Waals surface area contributed by atoms with Crippen LogP contribution in [0.15, 0.2) is 18.2 Å². The van der Waals surface area contributed by atoms with Crippen LogP contribution in [0.3, 0.4) is 0 Å². The summed E-state index contributed by atoms with van der Waals surface area (Å²) in [5.41, 5.74) is 1.39. The number of amides is 2. The zero-order valence-electron chi connectivity index (χ0n) is 12.8. The fourth-order valence-corrected chi connectivity index (χ4v) is 6.38. The lowest BCUT2D eigenvalue weighted by Crippen LogP contribution is -2.75. The molecule has 3 heterocycles. The van der Waals surface area contributed by atoms with Gasteiger partial charge in [0, 0.05) is 20.5 Å². The first kappa shape index (κ1) is 15.7. The van der Waals surface area contributed by atoms with Gasteiger partial charge in [0.25, 0.3) is 11.8 Å². The highest BCUT2D eigenvalue weighted by Gasteiger charge is 2.65. The zero-order valence-corrected chi connectivity index (χ0v) is 14.5. The van der Waals surface area contributed by atoms with Gasteiger partial charge in [-0.15, -0.1) is 0 Å². The molecule has 3 aliphatic heterocycles.